The van der Waals surface area contributed by atoms with Crippen molar-refractivity contribution >= 4 is 11.9 Å². The maximum absolute atomic E-state index is 10.8. The van der Waals surface area contributed by atoms with Gasteiger partial charge in [-0.05, 0) is 6.92 Å². The minimum absolute atomic E-state index is 0.0396. The van der Waals surface area contributed by atoms with E-state index in [0.717, 1.165) is 0 Å². The van der Waals surface area contributed by atoms with E-state index in [9.17, 15) is 9.59 Å². The summed E-state index contributed by atoms with van der Waals surface area (Å²) in [4.78, 5) is 20.8. The smallest absolute Gasteiger partial charge is 0.303 e. The van der Waals surface area contributed by atoms with Crippen LogP contribution in [-0.4, -0.2) is 34.7 Å². The fourth-order valence-corrected chi connectivity index (χ4v) is 0.570. The molecule has 1 atom stereocenters. The number of aliphatic hydroxyl groups is 1. The second-order valence-corrected chi connectivity index (χ2v) is 2.55. The molecule has 0 aliphatic rings. The summed E-state index contributed by atoms with van der Waals surface area (Å²) in [7, 11) is 0. The molecule has 0 aliphatic heterocycles. The molecule has 0 aromatic carbocycles. The lowest BCUT2D eigenvalue weighted by Gasteiger charge is -2.05. The van der Waals surface area contributed by atoms with Crippen LogP contribution in [-0.2, 0) is 9.59 Å². The van der Waals surface area contributed by atoms with Crippen molar-refractivity contribution in [3.05, 3.63) is 0 Å². The van der Waals surface area contributed by atoms with Gasteiger partial charge in [0, 0.05) is 13.0 Å². The molecule has 5 heteroatoms. The van der Waals surface area contributed by atoms with Crippen molar-refractivity contribution in [3.8, 4) is 0 Å². The molecule has 0 aliphatic carbocycles. The van der Waals surface area contributed by atoms with E-state index in [2.05, 4.69) is 5.32 Å². The lowest BCUT2D eigenvalue weighted by molar-refractivity contribution is -0.138. The van der Waals surface area contributed by atoms with Crippen molar-refractivity contribution < 1.29 is 19.8 Å². The summed E-state index contributed by atoms with van der Waals surface area (Å²) >= 11 is 0. The Labute approximate surface area is 70.4 Å². The van der Waals surface area contributed by atoms with E-state index >= 15 is 0 Å². The molecule has 1 amide bonds. The quantitative estimate of drug-likeness (QED) is 0.518. The number of carbonyl (C=O) groups excluding carboxylic acids is 1. The van der Waals surface area contributed by atoms with E-state index in [1.54, 1.807) is 0 Å². The van der Waals surface area contributed by atoms with Crippen LogP contribution < -0.4 is 5.32 Å². The molecule has 0 heterocycles. The van der Waals surface area contributed by atoms with E-state index < -0.39 is 12.1 Å². The topological polar surface area (TPSA) is 86.6 Å². The van der Waals surface area contributed by atoms with Crippen molar-refractivity contribution in [1.29, 1.82) is 0 Å². The molecular formula is C7H13NO4. The number of aliphatic carboxylic acids is 1. The summed E-state index contributed by atoms with van der Waals surface area (Å²) < 4.78 is 0. The van der Waals surface area contributed by atoms with E-state index in [1.807, 2.05) is 0 Å². The molecule has 0 unspecified atom stereocenters. The van der Waals surface area contributed by atoms with Crippen LogP contribution in [0.15, 0.2) is 0 Å². The Morgan fingerprint density at radius 1 is 1.42 bits per heavy atom. The summed E-state index contributed by atoms with van der Waals surface area (Å²) in [5, 5.41) is 19.3. The van der Waals surface area contributed by atoms with Gasteiger partial charge in [0.15, 0.2) is 0 Å². The van der Waals surface area contributed by atoms with Crippen LogP contribution in [0, 0.1) is 0 Å². The number of carboxylic acids is 1. The van der Waals surface area contributed by atoms with Gasteiger partial charge in [-0.2, -0.15) is 0 Å². The summed E-state index contributed by atoms with van der Waals surface area (Å²) in [5.74, 6) is -1.35. The highest BCUT2D eigenvalue weighted by atomic mass is 16.4. The van der Waals surface area contributed by atoms with Gasteiger partial charge in [-0.25, -0.2) is 0 Å². The third-order valence-corrected chi connectivity index (χ3v) is 1.16. The Morgan fingerprint density at radius 2 is 2.00 bits per heavy atom. The van der Waals surface area contributed by atoms with E-state index in [4.69, 9.17) is 10.2 Å². The number of hydrogen-bond donors (Lipinski definition) is 3. The second-order valence-electron chi connectivity index (χ2n) is 2.55. The first-order chi connectivity index (χ1) is 5.52. The van der Waals surface area contributed by atoms with Crippen molar-refractivity contribution in [2.24, 2.45) is 0 Å². The van der Waals surface area contributed by atoms with Crippen molar-refractivity contribution in [3.63, 3.8) is 0 Å². The van der Waals surface area contributed by atoms with E-state index in [0.29, 0.717) is 0 Å². The summed E-state index contributed by atoms with van der Waals surface area (Å²) in [6.07, 6.45) is -0.813. The van der Waals surface area contributed by atoms with Crippen LogP contribution >= 0.6 is 0 Å². The van der Waals surface area contributed by atoms with Gasteiger partial charge in [-0.3, -0.25) is 9.59 Å². The Morgan fingerprint density at radius 3 is 2.42 bits per heavy atom. The minimum atomic E-state index is -0.998. The van der Waals surface area contributed by atoms with Crippen LogP contribution in [0.5, 0.6) is 0 Å². The molecule has 0 aromatic heterocycles. The maximum Gasteiger partial charge on any atom is 0.303 e. The molecule has 0 rings (SSSR count). The van der Waals surface area contributed by atoms with Crippen LogP contribution in [0.4, 0.5) is 0 Å². The largest absolute Gasteiger partial charge is 0.481 e. The van der Waals surface area contributed by atoms with Crippen molar-refractivity contribution in [2.45, 2.75) is 25.9 Å². The van der Waals surface area contributed by atoms with Gasteiger partial charge in [0.25, 0.3) is 0 Å². The van der Waals surface area contributed by atoms with Gasteiger partial charge in [-0.15, -0.1) is 0 Å². The van der Waals surface area contributed by atoms with Gasteiger partial charge in [0.05, 0.1) is 12.5 Å². The normalized spacial score (nSPS) is 12.2. The number of carbonyl (C=O) groups is 2. The molecule has 0 fully saturated rings. The van der Waals surface area contributed by atoms with E-state index in [1.165, 1.54) is 6.92 Å². The molecule has 12 heavy (non-hydrogen) atoms. The Kier molecular flexibility index (Phi) is 5.03. The molecule has 70 valence electrons. The van der Waals surface area contributed by atoms with Crippen molar-refractivity contribution in [1.82, 2.24) is 5.32 Å². The zero-order chi connectivity index (χ0) is 9.56. The average molecular weight is 175 g/mol. The van der Waals surface area contributed by atoms with Gasteiger partial charge in [0.1, 0.15) is 0 Å². The maximum atomic E-state index is 10.8. The highest BCUT2D eigenvalue weighted by molar-refractivity contribution is 5.80. The molecule has 0 aromatic rings. The van der Waals surface area contributed by atoms with Crippen LogP contribution in [0.25, 0.3) is 0 Å². The fourth-order valence-electron chi connectivity index (χ4n) is 0.570. The Hall–Kier alpha value is -1.10. The summed E-state index contributed by atoms with van der Waals surface area (Å²) in [6.45, 7) is 1.70. The third kappa shape index (κ3) is 7.01. The van der Waals surface area contributed by atoms with Gasteiger partial charge in [0.2, 0.25) is 5.91 Å². The van der Waals surface area contributed by atoms with Gasteiger partial charge < -0.3 is 15.5 Å². The van der Waals surface area contributed by atoms with Crippen LogP contribution in [0.3, 0.4) is 0 Å². The lowest BCUT2D eigenvalue weighted by Crippen LogP contribution is -2.30. The highest BCUT2D eigenvalue weighted by Gasteiger charge is 2.05. The molecule has 3 N–H and O–H groups in total. The van der Waals surface area contributed by atoms with Crippen LogP contribution in [0.1, 0.15) is 19.8 Å². The first-order valence-electron chi connectivity index (χ1n) is 3.69. The van der Waals surface area contributed by atoms with Gasteiger partial charge in [-0.1, -0.05) is 0 Å². The highest BCUT2D eigenvalue weighted by Crippen LogP contribution is 1.88. The number of aliphatic hydroxyl groups excluding tert-OH is 1. The molecule has 0 saturated heterocycles. The predicted molar refractivity (Wildman–Crippen MR) is 41.6 cm³/mol. The predicted octanol–water partition coefficient (Wildman–Crippen LogP) is -0.652. The number of hydrogen-bond acceptors (Lipinski definition) is 3. The summed E-state index contributed by atoms with van der Waals surface area (Å²) in [6, 6.07) is 0. The molecule has 0 bridgehead atoms. The average Bonchev–Trinajstić information content (AvgIpc) is 1.96. The number of nitrogens with one attached hydrogen (secondary N) is 1. The number of rotatable bonds is 5. The minimum Gasteiger partial charge on any atom is -0.481 e. The zero-order valence-corrected chi connectivity index (χ0v) is 6.91. The zero-order valence-electron chi connectivity index (χ0n) is 6.91. The monoisotopic (exact) mass is 175 g/mol. The fraction of sp³-hybridized carbons (Fsp3) is 0.714. The molecular weight excluding hydrogens is 162 g/mol. The third-order valence-electron chi connectivity index (χ3n) is 1.16. The number of carboxylic acid groups (broad SMARTS) is 1. The summed E-state index contributed by atoms with van der Waals surface area (Å²) in [5.41, 5.74) is 0. The number of amides is 1. The van der Waals surface area contributed by atoms with Crippen molar-refractivity contribution in [2.75, 3.05) is 6.54 Å². The molecule has 0 saturated carbocycles. The second kappa shape index (κ2) is 5.54. The van der Waals surface area contributed by atoms with Gasteiger partial charge >= 0.3 is 5.97 Å². The Bertz CT molecular complexity index is 167. The lowest BCUT2D eigenvalue weighted by atomic mass is 10.3. The SMILES string of the molecule is C[C@H](O)CNC(=O)CCC(=O)O. The Balaban J connectivity index is 3.40. The first kappa shape index (κ1) is 10.9. The first-order valence-corrected chi connectivity index (χ1v) is 3.69. The molecule has 0 radical (unpaired) electrons. The van der Waals surface area contributed by atoms with E-state index in [-0.39, 0.29) is 25.3 Å². The standard InChI is InChI=1S/C7H13NO4/c1-5(9)4-8-6(10)2-3-7(11)12/h5,9H,2-4H2,1H3,(H,8,10)(H,11,12)/t5-/m0/s1. The molecule has 0 spiro atoms. The molecule has 5 nitrogen and oxygen atoms in total. The van der Waals surface area contributed by atoms with Crippen LogP contribution in [0.2, 0.25) is 0 Å².